The lowest BCUT2D eigenvalue weighted by atomic mass is 10.6. The quantitative estimate of drug-likeness (QED) is 0.0388. The summed E-state index contributed by atoms with van der Waals surface area (Å²) in [5.74, 6) is 0. The van der Waals surface area contributed by atoms with Gasteiger partial charge in [-0.1, -0.05) is 10.2 Å². The van der Waals surface area contributed by atoms with Crippen LogP contribution in [0.4, 0.5) is 0 Å². The number of ether oxygens (including phenoxy) is 13. The average Bonchev–Trinajstić information content (AvgIpc) is 3.08. The van der Waals surface area contributed by atoms with Gasteiger partial charge in [0.05, 0.1) is 172 Å². The van der Waals surface area contributed by atoms with Crippen LogP contribution in [0.5, 0.6) is 0 Å². The van der Waals surface area contributed by atoms with Gasteiger partial charge in [-0.2, -0.15) is 0 Å². The molecule has 0 spiro atoms. The summed E-state index contributed by atoms with van der Waals surface area (Å²) in [6, 6.07) is 0. The molecule has 0 atom stereocenters. The third kappa shape index (κ3) is 44.1. The highest BCUT2D eigenvalue weighted by atomic mass is 16.6. The summed E-state index contributed by atoms with van der Waals surface area (Å²) in [5, 5.41) is 6.74. The van der Waals surface area contributed by atoms with Gasteiger partial charge >= 0.3 is 0 Å². The second-order valence-corrected chi connectivity index (χ2v) is 8.87. The zero-order valence-corrected chi connectivity index (χ0v) is 27.8. The molecule has 0 aromatic heterocycles. The van der Waals surface area contributed by atoms with Crippen LogP contribution in [0.3, 0.4) is 0 Å². The molecule has 0 aromatic carbocycles. The van der Waals surface area contributed by atoms with Crippen LogP contribution in [0, 0.1) is 0 Å². The van der Waals surface area contributed by atoms with Gasteiger partial charge in [-0.3, -0.25) is 0 Å². The highest BCUT2D eigenvalue weighted by Crippen LogP contribution is 1.88. The first-order chi connectivity index (χ1) is 23.4. The highest BCUT2D eigenvalue weighted by Gasteiger charge is 1.97. The molecule has 0 fully saturated rings. The lowest BCUT2D eigenvalue weighted by molar-refractivity contribution is -0.0289. The van der Waals surface area contributed by atoms with E-state index in [1.807, 2.05) is 0 Å². The number of azide groups is 2. The standard InChI is InChI=1S/C28H56N6O13/c29-33-31-1-3-35-5-7-37-9-11-39-13-15-41-17-19-43-21-23-45-25-27-47-28-26-46-24-22-44-20-18-42-16-14-40-12-10-38-8-6-36-4-2-32-34-30/h1-28H2. The molecule has 0 aromatic rings. The molecule has 0 saturated heterocycles. The van der Waals surface area contributed by atoms with Crippen molar-refractivity contribution in [3.05, 3.63) is 20.9 Å². The lowest BCUT2D eigenvalue weighted by Crippen LogP contribution is -2.15. The minimum atomic E-state index is 0.324. The van der Waals surface area contributed by atoms with Crippen LogP contribution in [-0.4, -0.2) is 185 Å². The Hall–Kier alpha value is -1.90. The van der Waals surface area contributed by atoms with Gasteiger partial charge in [0.2, 0.25) is 0 Å². The molecule has 0 N–H and O–H groups in total. The fourth-order valence-electron chi connectivity index (χ4n) is 3.04. The van der Waals surface area contributed by atoms with Crippen molar-refractivity contribution in [2.45, 2.75) is 0 Å². The van der Waals surface area contributed by atoms with Crippen molar-refractivity contribution >= 4 is 0 Å². The summed E-state index contributed by atoms with van der Waals surface area (Å²) in [6.07, 6.45) is 0. The molecule has 0 amide bonds. The maximum absolute atomic E-state index is 8.13. The minimum absolute atomic E-state index is 0.324. The molecular formula is C28H56N6O13. The van der Waals surface area contributed by atoms with Gasteiger partial charge in [0.25, 0.3) is 0 Å². The van der Waals surface area contributed by atoms with Crippen LogP contribution in [0.1, 0.15) is 0 Å². The molecule has 276 valence electrons. The van der Waals surface area contributed by atoms with E-state index in [4.69, 9.17) is 72.6 Å². The molecule has 0 heterocycles. The third-order valence-corrected chi connectivity index (χ3v) is 5.26. The van der Waals surface area contributed by atoms with Crippen LogP contribution in [0.15, 0.2) is 10.2 Å². The Morgan fingerprint density at radius 2 is 0.362 bits per heavy atom. The van der Waals surface area contributed by atoms with Gasteiger partial charge in [0.1, 0.15) is 0 Å². The molecule has 0 rings (SSSR count). The van der Waals surface area contributed by atoms with Crippen molar-refractivity contribution in [2.75, 3.05) is 185 Å². The van der Waals surface area contributed by atoms with E-state index in [0.29, 0.717) is 185 Å². The van der Waals surface area contributed by atoms with Gasteiger partial charge in [-0.15, -0.1) is 0 Å². The number of nitrogens with zero attached hydrogens (tertiary/aromatic N) is 6. The average molecular weight is 685 g/mol. The molecule has 0 radical (unpaired) electrons. The largest absolute Gasteiger partial charge is 0.379 e. The summed E-state index contributed by atoms with van der Waals surface area (Å²) in [5.41, 5.74) is 16.3. The Kier molecular flexibility index (Phi) is 42.3. The highest BCUT2D eigenvalue weighted by molar-refractivity contribution is 4.45. The smallest absolute Gasteiger partial charge is 0.0701 e. The number of hydrogen-bond donors (Lipinski definition) is 0. The Morgan fingerprint density at radius 1 is 0.234 bits per heavy atom. The summed E-state index contributed by atoms with van der Waals surface area (Å²) < 4.78 is 70.2. The second-order valence-electron chi connectivity index (χ2n) is 8.87. The van der Waals surface area contributed by atoms with Crippen molar-refractivity contribution < 1.29 is 61.6 Å². The summed E-state index contributed by atoms with van der Waals surface area (Å²) in [6.45, 7) is 13.1. The van der Waals surface area contributed by atoms with Crippen molar-refractivity contribution in [2.24, 2.45) is 10.2 Å². The maximum Gasteiger partial charge on any atom is 0.0701 e. The van der Waals surface area contributed by atoms with E-state index in [1.165, 1.54) is 0 Å². The van der Waals surface area contributed by atoms with E-state index in [-0.39, 0.29) is 0 Å². The minimum Gasteiger partial charge on any atom is -0.379 e. The van der Waals surface area contributed by atoms with Crippen LogP contribution >= 0.6 is 0 Å². The van der Waals surface area contributed by atoms with Gasteiger partial charge in [-0.05, 0) is 11.1 Å². The molecule has 0 aliphatic heterocycles. The number of hydrogen-bond acceptors (Lipinski definition) is 15. The van der Waals surface area contributed by atoms with E-state index in [1.54, 1.807) is 0 Å². The first kappa shape index (κ1) is 45.1. The third-order valence-electron chi connectivity index (χ3n) is 5.26. The van der Waals surface area contributed by atoms with Crippen molar-refractivity contribution in [1.29, 1.82) is 0 Å². The molecular weight excluding hydrogens is 628 g/mol. The zero-order valence-electron chi connectivity index (χ0n) is 27.8. The maximum atomic E-state index is 8.13. The van der Waals surface area contributed by atoms with E-state index in [2.05, 4.69) is 20.1 Å². The molecule has 47 heavy (non-hydrogen) atoms. The summed E-state index contributed by atoms with van der Waals surface area (Å²) >= 11 is 0. The van der Waals surface area contributed by atoms with E-state index in [0.717, 1.165) is 0 Å². The van der Waals surface area contributed by atoms with Gasteiger partial charge in [0, 0.05) is 22.9 Å². The van der Waals surface area contributed by atoms with E-state index < -0.39 is 0 Å². The van der Waals surface area contributed by atoms with Gasteiger partial charge in [0.15, 0.2) is 0 Å². The lowest BCUT2D eigenvalue weighted by Gasteiger charge is -2.09. The topological polar surface area (TPSA) is 218 Å². The molecule has 19 heteroatoms. The van der Waals surface area contributed by atoms with E-state index >= 15 is 0 Å². The normalized spacial score (nSPS) is 11.1. The monoisotopic (exact) mass is 684 g/mol. The first-order valence-corrected chi connectivity index (χ1v) is 15.9. The first-order valence-electron chi connectivity index (χ1n) is 15.9. The molecule has 0 saturated carbocycles. The van der Waals surface area contributed by atoms with Crippen LogP contribution < -0.4 is 0 Å². The summed E-state index contributed by atoms with van der Waals surface area (Å²) in [4.78, 5) is 5.28. The molecule has 19 nitrogen and oxygen atoms in total. The predicted molar refractivity (Wildman–Crippen MR) is 169 cm³/mol. The molecule has 0 unspecified atom stereocenters. The zero-order chi connectivity index (χ0) is 33.8. The van der Waals surface area contributed by atoms with Crippen molar-refractivity contribution in [3.8, 4) is 0 Å². The fraction of sp³-hybridized carbons (Fsp3) is 1.00. The Morgan fingerprint density at radius 3 is 0.489 bits per heavy atom. The summed E-state index contributed by atoms with van der Waals surface area (Å²) in [7, 11) is 0. The van der Waals surface area contributed by atoms with Gasteiger partial charge in [-0.25, -0.2) is 0 Å². The Bertz CT molecular complexity index is 652. The number of rotatable bonds is 42. The van der Waals surface area contributed by atoms with E-state index in [9.17, 15) is 0 Å². The Balaban J connectivity index is 3.05. The SMILES string of the molecule is [N-]=[N+]=NCCOCCOCCOCCOCCOCCOCCOCCOCCOCCOCCOCCOCCOCCN=[N+]=[N-]. The Labute approximate surface area is 277 Å². The van der Waals surface area contributed by atoms with Crippen LogP contribution in [0.2, 0.25) is 0 Å². The second kappa shape index (κ2) is 44.1. The van der Waals surface area contributed by atoms with Crippen LogP contribution in [0.25, 0.3) is 20.9 Å². The van der Waals surface area contributed by atoms with Crippen molar-refractivity contribution in [1.82, 2.24) is 0 Å². The molecule has 0 aliphatic rings. The van der Waals surface area contributed by atoms with Gasteiger partial charge < -0.3 is 61.6 Å². The van der Waals surface area contributed by atoms with Crippen LogP contribution in [-0.2, 0) is 61.6 Å². The van der Waals surface area contributed by atoms with Crippen molar-refractivity contribution in [3.63, 3.8) is 0 Å². The molecule has 0 aliphatic carbocycles. The molecule has 0 bridgehead atoms. The predicted octanol–water partition coefficient (Wildman–Crippen LogP) is 1.82. The fourth-order valence-corrected chi connectivity index (χ4v) is 3.04.